The highest BCUT2D eigenvalue weighted by Gasteiger charge is 2.38. The van der Waals surface area contributed by atoms with Gasteiger partial charge in [-0.3, -0.25) is 0 Å². The van der Waals surface area contributed by atoms with E-state index in [9.17, 15) is 15.0 Å². The molecule has 3 atom stereocenters. The van der Waals surface area contributed by atoms with Crippen LogP contribution in [-0.2, 0) is 14.0 Å². The third-order valence-electron chi connectivity index (χ3n) is 6.02. The number of hydrogen-bond acceptors (Lipinski definition) is 5. The maximum Gasteiger partial charge on any atom is 0.330 e. The van der Waals surface area contributed by atoms with Crippen LogP contribution in [0.5, 0.6) is 0 Å². The quantitative estimate of drug-likeness (QED) is 0.137. The van der Waals surface area contributed by atoms with Crippen molar-refractivity contribution in [2.45, 2.75) is 129 Å². The molecule has 0 radical (unpaired) electrons. The average Bonchev–Trinajstić information content (AvgIpc) is 2.63. The van der Waals surface area contributed by atoms with Crippen LogP contribution in [0.2, 0.25) is 18.1 Å². The molecule has 0 aliphatic carbocycles. The fraction of sp³-hybridized carbons (Fsp3) is 0.875. The van der Waals surface area contributed by atoms with E-state index in [0.29, 0.717) is 19.1 Å². The molecule has 1 unspecified atom stereocenters. The van der Waals surface area contributed by atoms with Crippen LogP contribution in [-0.4, -0.2) is 49.4 Å². The lowest BCUT2D eigenvalue weighted by atomic mass is 10.0. The van der Waals surface area contributed by atoms with Crippen LogP contribution in [0.15, 0.2) is 12.2 Å². The van der Waals surface area contributed by atoms with Gasteiger partial charge in [-0.2, -0.15) is 0 Å². The van der Waals surface area contributed by atoms with Gasteiger partial charge in [0.25, 0.3) is 0 Å². The number of hydrogen-bond donors (Lipinski definition) is 2. The molecule has 30 heavy (non-hydrogen) atoms. The van der Waals surface area contributed by atoms with Crippen molar-refractivity contribution in [3.05, 3.63) is 12.2 Å². The zero-order valence-electron chi connectivity index (χ0n) is 20.6. The molecule has 0 saturated carbocycles. The highest BCUT2D eigenvalue weighted by molar-refractivity contribution is 6.74. The number of aliphatic hydroxyl groups is 2. The van der Waals surface area contributed by atoms with Crippen molar-refractivity contribution in [2.75, 3.05) is 6.61 Å². The first-order valence-corrected chi connectivity index (χ1v) is 14.7. The summed E-state index contributed by atoms with van der Waals surface area (Å²) in [7, 11) is -1.66. The molecule has 0 aromatic carbocycles. The van der Waals surface area contributed by atoms with Crippen molar-refractivity contribution in [1.82, 2.24) is 0 Å². The number of ether oxygens (including phenoxy) is 1. The van der Waals surface area contributed by atoms with Crippen molar-refractivity contribution < 1.29 is 24.2 Å². The van der Waals surface area contributed by atoms with Crippen LogP contribution >= 0.6 is 0 Å². The molecule has 0 amide bonds. The third kappa shape index (κ3) is 13.6. The van der Waals surface area contributed by atoms with Crippen LogP contribution in [0.4, 0.5) is 0 Å². The smallest absolute Gasteiger partial charge is 0.330 e. The standard InChI is InChI=1S/C24H48O5Si/c1-8-28-23(27)19-18-22(26)21(25)17-15-13-11-9-10-12-14-16-20(2)29-30(6,7)24(3,4)5/h18-22,25-26H,8-17H2,1-7H3/b19-18+/t20?,21-,22-/m0/s1. The Kier molecular flexibility index (Phi) is 14.8. The predicted octanol–water partition coefficient (Wildman–Crippen LogP) is 5.75. The number of esters is 1. The molecule has 0 aliphatic heterocycles. The van der Waals surface area contributed by atoms with Crippen molar-refractivity contribution in [3.63, 3.8) is 0 Å². The summed E-state index contributed by atoms with van der Waals surface area (Å²) in [6.45, 7) is 15.7. The molecule has 178 valence electrons. The monoisotopic (exact) mass is 444 g/mol. The molecule has 0 rings (SSSR count). The molecule has 0 spiro atoms. The maximum atomic E-state index is 11.2. The summed E-state index contributed by atoms with van der Waals surface area (Å²) in [5.74, 6) is -0.496. The van der Waals surface area contributed by atoms with E-state index < -0.39 is 26.5 Å². The van der Waals surface area contributed by atoms with Crippen molar-refractivity contribution >= 4 is 14.3 Å². The second-order valence-electron chi connectivity index (χ2n) is 9.91. The van der Waals surface area contributed by atoms with E-state index in [1.54, 1.807) is 6.92 Å². The summed E-state index contributed by atoms with van der Waals surface area (Å²) >= 11 is 0. The van der Waals surface area contributed by atoms with Gasteiger partial charge in [0.1, 0.15) is 0 Å². The lowest BCUT2D eigenvalue weighted by molar-refractivity contribution is -0.137. The zero-order chi connectivity index (χ0) is 23.2. The molecule has 0 saturated heterocycles. The van der Waals surface area contributed by atoms with Crippen LogP contribution in [0.1, 0.15) is 92.4 Å². The molecule has 2 N–H and O–H groups in total. The first kappa shape index (κ1) is 29.3. The summed E-state index contributed by atoms with van der Waals surface area (Å²) in [5, 5.41) is 20.1. The Labute approximate surface area is 186 Å². The lowest BCUT2D eigenvalue weighted by Crippen LogP contribution is -2.43. The lowest BCUT2D eigenvalue weighted by Gasteiger charge is -2.38. The van der Waals surface area contributed by atoms with E-state index in [4.69, 9.17) is 9.16 Å². The van der Waals surface area contributed by atoms with E-state index >= 15 is 0 Å². The maximum absolute atomic E-state index is 11.2. The first-order chi connectivity index (χ1) is 13.9. The second kappa shape index (κ2) is 15.2. The fourth-order valence-corrected chi connectivity index (χ4v) is 4.55. The summed E-state index contributed by atoms with van der Waals surface area (Å²) in [5.41, 5.74) is 0. The summed E-state index contributed by atoms with van der Waals surface area (Å²) in [6, 6.07) is 0. The van der Waals surface area contributed by atoms with Crippen LogP contribution < -0.4 is 0 Å². The van der Waals surface area contributed by atoms with E-state index in [2.05, 4.69) is 40.8 Å². The number of rotatable bonds is 16. The second-order valence-corrected chi connectivity index (χ2v) is 14.7. The van der Waals surface area contributed by atoms with E-state index in [1.807, 2.05) is 0 Å². The van der Waals surface area contributed by atoms with E-state index in [0.717, 1.165) is 25.7 Å². The number of unbranched alkanes of at least 4 members (excludes halogenated alkanes) is 6. The molecular formula is C24H48O5Si. The van der Waals surface area contributed by atoms with Gasteiger partial charge >= 0.3 is 5.97 Å². The molecule has 0 fully saturated rings. The fourth-order valence-electron chi connectivity index (χ4n) is 3.07. The Morgan fingerprint density at radius 2 is 1.47 bits per heavy atom. The van der Waals surface area contributed by atoms with Crippen molar-refractivity contribution in [1.29, 1.82) is 0 Å². The Bertz CT molecular complexity index is 484. The highest BCUT2D eigenvalue weighted by atomic mass is 28.4. The number of carbonyl (C=O) groups excluding carboxylic acids is 1. The Balaban J connectivity index is 3.73. The van der Waals surface area contributed by atoms with Gasteiger partial charge in [0.05, 0.1) is 18.8 Å². The van der Waals surface area contributed by atoms with E-state index in [-0.39, 0.29) is 5.04 Å². The van der Waals surface area contributed by atoms with Gasteiger partial charge in [-0.25, -0.2) is 4.79 Å². The van der Waals surface area contributed by atoms with Crippen LogP contribution in [0, 0.1) is 0 Å². The molecule has 0 bridgehead atoms. The minimum atomic E-state index is -1.66. The third-order valence-corrected chi connectivity index (χ3v) is 10.6. The molecule has 0 aliphatic rings. The topological polar surface area (TPSA) is 76.0 Å². The SMILES string of the molecule is CCOC(=O)/C=C/[C@H](O)[C@@H](O)CCCCCCCCCC(C)O[Si](C)(C)C(C)(C)C. The van der Waals surface area contributed by atoms with Crippen LogP contribution in [0.3, 0.4) is 0 Å². The Morgan fingerprint density at radius 1 is 0.967 bits per heavy atom. The molecule has 0 aromatic heterocycles. The van der Waals surface area contributed by atoms with Gasteiger partial charge in [-0.1, -0.05) is 65.7 Å². The summed E-state index contributed by atoms with van der Waals surface area (Å²) in [6.07, 6.45) is 10.6. The van der Waals surface area contributed by atoms with Gasteiger partial charge in [-0.15, -0.1) is 0 Å². The molecule has 0 heterocycles. The number of aliphatic hydroxyl groups excluding tert-OH is 2. The summed E-state index contributed by atoms with van der Waals surface area (Å²) < 4.78 is 11.2. The van der Waals surface area contributed by atoms with Gasteiger partial charge in [0.2, 0.25) is 0 Å². The largest absolute Gasteiger partial charge is 0.463 e. The summed E-state index contributed by atoms with van der Waals surface area (Å²) in [4.78, 5) is 11.2. The normalized spacial score (nSPS) is 15.9. The van der Waals surface area contributed by atoms with E-state index in [1.165, 1.54) is 37.8 Å². The van der Waals surface area contributed by atoms with Gasteiger partial charge in [-0.05, 0) is 50.9 Å². The molecular weight excluding hydrogens is 396 g/mol. The molecule has 5 nitrogen and oxygen atoms in total. The van der Waals surface area contributed by atoms with Crippen molar-refractivity contribution in [2.24, 2.45) is 0 Å². The van der Waals surface area contributed by atoms with Gasteiger partial charge < -0.3 is 19.4 Å². The number of carbonyl (C=O) groups is 1. The Hall–Kier alpha value is -0.693. The minimum Gasteiger partial charge on any atom is -0.463 e. The van der Waals surface area contributed by atoms with Crippen molar-refractivity contribution in [3.8, 4) is 0 Å². The molecule has 0 aromatic rings. The predicted molar refractivity (Wildman–Crippen MR) is 127 cm³/mol. The van der Waals surface area contributed by atoms with Gasteiger partial charge in [0.15, 0.2) is 8.32 Å². The Morgan fingerprint density at radius 3 is 1.97 bits per heavy atom. The average molecular weight is 445 g/mol. The van der Waals surface area contributed by atoms with Crippen LogP contribution in [0.25, 0.3) is 0 Å². The highest BCUT2D eigenvalue weighted by Crippen LogP contribution is 2.37. The zero-order valence-corrected chi connectivity index (χ0v) is 21.6. The first-order valence-electron chi connectivity index (χ1n) is 11.8. The minimum absolute atomic E-state index is 0.266. The molecule has 6 heteroatoms. The van der Waals surface area contributed by atoms with Gasteiger partial charge in [0, 0.05) is 12.2 Å².